The SMILES string of the molecule is CCNC(=O)[C@H](CC)N(Cc1ccc(Cl)cc1Cl)C(=O)CN(c1ccccc1OC)S(=O)(=O)c1ccc(OC)cc1. The first-order chi connectivity index (χ1) is 19.6. The molecule has 0 saturated heterocycles. The lowest BCUT2D eigenvalue weighted by Crippen LogP contribution is -2.52. The van der Waals surface area contributed by atoms with Crippen LogP contribution >= 0.6 is 23.2 Å². The predicted octanol–water partition coefficient (Wildman–Crippen LogP) is 5.15. The van der Waals surface area contributed by atoms with Gasteiger partial charge in [-0.3, -0.25) is 13.9 Å². The van der Waals surface area contributed by atoms with E-state index in [1.165, 1.54) is 43.4 Å². The van der Waals surface area contributed by atoms with Crippen molar-refractivity contribution in [3.8, 4) is 11.5 Å². The van der Waals surface area contributed by atoms with Crippen LogP contribution in [0.5, 0.6) is 11.5 Å². The zero-order valence-corrected chi connectivity index (χ0v) is 25.6. The summed E-state index contributed by atoms with van der Waals surface area (Å²) in [5.41, 5.74) is 0.712. The molecule has 12 heteroatoms. The van der Waals surface area contributed by atoms with Crippen molar-refractivity contribution in [3.05, 3.63) is 82.3 Å². The first kappa shape index (κ1) is 32.0. The Balaban J connectivity index is 2.12. The molecule has 0 unspecified atom stereocenters. The third-order valence-corrected chi connectivity index (χ3v) is 8.73. The number of ether oxygens (including phenoxy) is 2. The van der Waals surface area contributed by atoms with Crippen LogP contribution in [0.15, 0.2) is 71.6 Å². The number of rotatable bonds is 13. The van der Waals surface area contributed by atoms with Gasteiger partial charge in [0.2, 0.25) is 11.8 Å². The minimum Gasteiger partial charge on any atom is -0.497 e. The standard InChI is InChI=1S/C29H33Cl2N3O6S/c1-5-25(29(36)32-6-2)33(18-20-11-12-21(30)17-24(20)31)28(35)19-34(26-9-7-8-10-27(26)40-4)41(37,38)23-15-13-22(39-3)14-16-23/h7-17,25H,5-6,18-19H2,1-4H3,(H,32,36)/t25-/m0/s1. The quantitative estimate of drug-likeness (QED) is 0.283. The fourth-order valence-corrected chi connectivity index (χ4v) is 6.16. The number of hydrogen-bond donors (Lipinski definition) is 1. The van der Waals surface area contributed by atoms with Gasteiger partial charge in [0.25, 0.3) is 10.0 Å². The molecule has 2 amide bonds. The van der Waals surface area contributed by atoms with Gasteiger partial charge in [0.1, 0.15) is 24.1 Å². The highest BCUT2D eigenvalue weighted by Crippen LogP contribution is 2.33. The third kappa shape index (κ3) is 7.63. The predicted molar refractivity (Wildman–Crippen MR) is 160 cm³/mol. The van der Waals surface area contributed by atoms with Crippen molar-refractivity contribution in [2.75, 3.05) is 31.6 Å². The molecule has 3 rings (SSSR count). The third-order valence-electron chi connectivity index (χ3n) is 6.37. The molecular weight excluding hydrogens is 589 g/mol. The lowest BCUT2D eigenvalue weighted by atomic mass is 10.1. The van der Waals surface area contributed by atoms with Crippen molar-refractivity contribution in [1.29, 1.82) is 0 Å². The van der Waals surface area contributed by atoms with E-state index in [1.54, 1.807) is 56.3 Å². The van der Waals surface area contributed by atoms with Crippen molar-refractivity contribution >= 4 is 50.7 Å². The number of carbonyl (C=O) groups is 2. The minimum absolute atomic E-state index is 0.0488. The Hall–Kier alpha value is -3.47. The van der Waals surface area contributed by atoms with Crippen LogP contribution in [0.25, 0.3) is 0 Å². The Bertz CT molecular complexity index is 1470. The average Bonchev–Trinajstić information content (AvgIpc) is 2.96. The van der Waals surface area contributed by atoms with Gasteiger partial charge in [0, 0.05) is 23.1 Å². The molecule has 1 atom stereocenters. The molecule has 9 nitrogen and oxygen atoms in total. The lowest BCUT2D eigenvalue weighted by Gasteiger charge is -2.33. The van der Waals surface area contributed by atoms with Gasteiger partial charge in [0.15, 0.2) is 0 Å². The van der Waals surface area contributed by atoms with Gasteiger partial charge in [-0.05, 0) is 67.4 Å². The summed E-state index contributed by atoms with van der Waals surface area (Å²) in [5.74, 6) is -0.254. The molecule has 0 aliphatic rings. The molecule has 220 valence electrons. The van der Waals surface area contributed by atoms with Crippen LogP contribution in [-0.2, 0) is 26.2 Å². The van der Waals surface area contributed by atoms with Crippen LogP contribution in [0.2, 0.25) is 10.0 Å². The van der Waals surface area contributed by atoms with Crippen molar-refractivity contribution in [3.63, 3.8) is 0 Å². The summed E-state index contributed by atoms with van der Waals surface area (Å²) in [6, 6.07) is 16.3. The number of amides is 2. The highest BCUT2D eigenvalue weighted by Gasteiger charge is 2.34. The number of halogens is 2. The van der Waals surface area contributed by atoms with E-state index in [0.29, 0.717) is 27.9 Å². The number of nitrogens with one attached hydrogen (secondary N) is 1. The second kappa shape index (κ2) is 14.4. The summed E-state index contributed by atoms with van der Waals surface area (Å²) in [7, 11) is -1.40. The second-order valence-corrected chi connectivity index (χ2v) is 11.6. The van der Waals surface area contributed by atoms with E-state index >= 15 is 0 Å². The molecule has 0 heterocycles. The molecule has 0 aliphatic carbocycles. The van der Waals surface area contributed by atoms with Crippen LogP contribution < -0.4 is 19.1 Å². The van der Waals surface area contributed by atoms with Crippen LogP contribution in [0.1, 0.15) is 25.8 Å². The van der Waals surface area contributed by atoms with Crippen LogP contribution in [0.3, 0.4) is 0 Å². The molecule has 0 aromatic heterocycles. The summed E-state index contributed by atoms with van der Waals surface area (Å²) in [6.07, 6.45) is 0.280. The number of likely N-dealkylation sites (N-methyl/N-ethyl adjacent to an activating group) is 1. The maximum atomic E-state index is 14.1. The van der Waals surface area contributed by atoms with Crippen LogP contribution in [0.4, 0.5) is 5.69 Å². The summed E-state index contributed by atoms with van der Waals surface area (Å²) >= 11 is 12.5. The fraction of sp³-hybridized carbons (Fsp3) is 0.310. The Morgan fingerprint density at radius 1 is 0.951 bits per heavy atom. The smallest absolute Gasteiger partial charge is 0.264 e. The number of para-hydroxylation sites is 2. The molecule has 41 heavy (non-hydrogen) atoms. The molecular formula is C29H33Cl2N3O6S. The molecule has 0 aliphatic heterocycles. The van der Waals surface area contributed by atoms with Gasteiger partial charge in [-0.25, -0.2) is 8.42 Å². The largest absolute Gasteiger partial charge is 0.497 e. The number of anilines is 1. The van der Waals surface area contributed by atoms with Crippen molar-refractivity contribution in [2.24, 2.45) is 0 Å². The number of hydrogen-bond acceptors (Lipinski definition) is 6. The second-order valence-electron chi connectivity index (χ2n) is 8.94. The topological polar surface area (TPSA) is 105 Å². The zero-order chi connectivity index (χ0) is 30.2. The molecule has 0 saturated carbocycles. The van der Waals surface area contributed by atoms with Crippen molar-refractivity contribution in [1.82, 2.24) is 10.2 Å². The first-order valence-corrected chi connectivity index (χ1v) is 15.1. The summed E-state index contributed by atoms with van der Waals surface area (Å²) < 4.78 is 39.7. The van der Waals surface area contributed by atoms with E-state index in [2.05, 4.69) is 5.32 Å². The van der Waals surface area contributed by atoms with Gasteiger partial charge in [0.05, 0.1) is 24.8 Å². The summed E-state index contributed by atoms with van der Waals surface area (Å²) in [6.45, 7) is 3.24. The number of sulfonamides is 1. The molecule has 3 aromatic rings. The van der Waals surface area contributed by atoms with E-state index in [4.69, 9.17) is 32.7 Å². The molecule has 3 aromatic carbocycles. The molecule has 0 bridgehead atoms. The maximum absolute atomic E-state index is 14.1. The van der Waals surface area contributed by atoms with Gasteiger partial charge >= 0.3 is 0 Å². The van der Waals surface area contributed by atoms with E-state index in [-0.39, 0.29) is 35.2 Å². The van der Waals surface area contributed by atoms with Crippen LogP contribution in [0, 0.1) is 0 Å². The molecule has 0 radical (unpaired) electrons. The highest BCUT2D eigenvalue weighted by molar-refractivity contribution is 7.92. The van der Waals surface area contributed by atoms with Gasteiger partial charge in [-0.1, -0.05) is 48.3 Å². The zero-order valence-electron chi connectivity index (χ0n) is 23.3. The number of carbonyl (C=O) groups excluding carboxylic acids is 2. The maximum Gasteiger partial charge on any atom is 0.264 e. The normalized spacial score (nSPS) is 11.9. The van der Waals surface area contributed by atoms with Crippen LogP contribution in [-0.4, -0.2) is 58.5 Å². The van der Waals surface area contributed by atoms with Gasteiger partial charge in [-0.2, -0.15) is 0 Å². The highest BCUT2D eigenvalue weighted by atomic mass is 35.5. The van der Waals surface area contributed by atoms with Crippen molar-refractivity contribution < 1.29 is 27.5 Å². The first-order valence-electron chi connectivity index (χ1n) is 12.9. The monoisotopic (exact) mass is 621 g/mol. The van der Waals surface area contributed by atoms with E-state index in [0.717, 1.165) is 4.31 Å². The van der Waals surface area contributed by atoms with E-state index < -0.39 is 28.5 Å². The Labute approximate surface area is 251 Å². The Kier molecular flexibility index (Phi) is 11.3. The molecule has 0 fully saturated rings. The van der Waals surface area contributed by atoms with Crippen molar-refractivity contribution in [2.45, 2.75) is 37.8 Å². The summed E-state index contributed by atoms with van der Waals surface area (Å²) in [5, 5.41) is 3.49. The Morgan fingerprint density at radius 3 is 2.22 bits per heavy atom. The van der Waals surface area contributed by atoms with E-state index in [9.17, 15) is 18.0 Å². The Morgan fingerprint density at radius 2 is 1.63 bits per heavy atom. The fourth-order valence-electron chi connectivity index (χ4n) is 4.27. The molecule has 0 spiro atoms. The minimum atomic E-state index is -4.28. The molecule has 1 N–H and O–H groups in total. The van der Waals surface area contributed by atoms with Gasteiger partial charge < -0.3 is 19.7 Å². The number of benzene rings is 3. The number of methoxy groups -OCH3 is 2. The van der Waals surface area contributed by atoms with E-state index in [1.807, 2.05) is 0 Å². The summed E-state index contributed by atoms with van der Waals surface area (Å²) in [4.78, 5) is 28.5. The number of nitrogens with zero attached hydrogens (tertiary/aromatic N) is 2. The lowest BCUT2D eigenvalue weighted by molar-refractivity contribution is -0.140. The van der Waals surface area contributed by atoms with Gasteiger partial charge in [-0.15, -0.1) is 0 Å². The average molecular weight is 623 g/mol.